The van der Waals surface area contributed by atoms with Crippen LogP contribution in [0.4, 0.5) is 5.69 Å². The van der Waals surface area contributed by atoms with Crippen LogP contribution in [0.15, 0.2) is 30.3 Å². The van der Waals surface area contributed by atoms with Crippen molar-refractivity contribution in [1.29, 1.82) is 0 Å². The van der Waals surface area contributed by atoms with Crippen molar-refractivity contribution in [3.8, 4) is 0 Å². The van der Waals surface area contributed by atoms with Crippen LogP contribution in [-0.4, -0.2) is 31.1 Å². The van der Waals surface area contributed by atoms with E-state index < -0.39 is 0 Å². The van der Waals surface area contributed by atoms with E-state index in [1.54, 1.807) is 0 Å². The average molecular weight is 204 g/mol. The molecule has 0 amide bonds. The predicted molar refractivity (Wildman–Crippen MR) is 65.2 cm³/mol. The second-order valence-corrected chi connectivity index (χ2v) is 4.38. The van der Waals surface area contributed by atoms with Crippen LogP contribution >= 0.6 is 0 Å². The highest BCUT2D eigenvalue weighted by atomic mass is 15.2. The molecule has 1 aliphatic rings. The first kappa shape index (κ1) is 10.5. The lowest BCUT2D eigenvalue weighted by molar-refractivity contribution is 0.194. The molecular formula is C13H20N2. The largest absolute Gasteiger partial charge is 0.383 e. The molecule has 0 radical (unpaired) electrons. The van der Waals surface area contributed by atoms with Gasteiger partial charge in [-0.2, -0.15) is 0 Å². The molecule has 15 heavy (non-hydrogen) atoms. The summed E-state index contributed by atoms with van der Waals surface area (Å²) in [7, 11) is 2.23. The Hall–Kier alpha value is -1.02. The molecule has 0 bridgehead atoms. The second kappa shape index (κ2) is 5.17. The monoisotopic (exact) mass is 204 g/mol. The van der Waals surface area contributed by atoms with Crippen molar-refractivity contribution in [3.63, 3.8) is 0 Å². The number of nitrogens with one attached hydrogen (secondary N) is 1. The van der Waals surface area contributed by atoms with Gasteiger partial charge >= 0.3 is 0 Å². The summed E-state index contributed by atoms with van der Waals surface area (Å²) in [6.45, 7) is 2.32. The normalized spacial score (nSPS) is 22.6. The molecular weight excluding hydrogens is 184 g/mol. The third-order valence-corrected chi connectivity index (χ3v) is 3.24. The van der Waals surface area contributed by atoms with Crippen molar-refractivity contribution in [1.82, 2.24) is 4.90 Å². The number of likely N-dealkylation sites (N-methyl/N-ethyl adjacent to an activating group) is 1. The minimum atomic E-state index is 0.707. The number of hydrogen-bond donors (Lipinski definition) is 1. The lowest BCUT2D eigenvalue weighted by Gasteiger charge is -2.32. The standard InChI is InChI=1S/C13H20N2/c1-15-10-6-5-9-13(15)11-14-12-7-3-2-4-8-12/h2-4,7-8,13-14H,5-6,9-11H2,1H3. The fourth-order valence-corrected chi connectivity index (χ4v) is 2.19. The van der Waals surface area contributed by atoms with Gasteiger partial charge in [0.1, 0.15) is 0 Å². The third kappa shape index (κ3) is 2.96. The minimum absolute atomic E-state index is 0.707. The third-order valence-electron chi connectivity index (χ3n) is 3.24. The smallest absolute Gasteiger partial charge is 0.0340 e. The summed E-state index contributed by atoms with van der Waals surface area (Å²) < 4.78 is 0. The van der Waals surface area contributed by atoms with Gasteiger partial charge in [-0.3, -0.25) is 0 Å². The van der Waals surface area contributed by atoms with E-state index in [4.69, 9.17) is 0 Å². The van der Waals surface area contributed by atoms with Gasteiger partial charge in [0.05, 0.1) is 0 Å². The van der Waals surface area contributed by atoms with Crippen molar-refractivity contribution in [3.05, 3.63) is 30.3 Å². The van der Waals surface area contributed by atoms with E-state index in [1.807, 2.05) is 0 Å². The summed E-state index contributed by atoms with van der Waals surface area (Å²) in [5.74, 6) is 0. The lowest BCUT2D eigenvalue weighted by atomic mass is 10.0. The van der Waals surface area contributed by atoms with E-state index in [2.05, 4.69) is 47.6 Å². The van der Waals surface area contributed by atoms with Crippen LogP contribution in [0.3, 0.4) is 0 Å². The van der Waals surface area contributed by atoms with Crippen LogP contribution in [-0.2, 0) is 0 Å². The Labute approximate surface area is 92.3 Å². The highest BCUT2D eigenvalue weighted by molar-refractivity contribution is 5.42. The number of piperidine rings is 1. The number of benzene rings is 1. The van der Waals surface area contributed by atoms with Gasteiger partial charge in [0.25, 0.3) is 0 Å². The summed E-state index contributed by atoms with van der Waals surface area (Å²) in [6, 6.07) is 11.2. The number of anilines is 1. The summed E-state index contributed by atoms with van der Waals surface area (Å²) in [4.78, 5) is 2.47. The molecule has 1 aromatic carbocycles. The Kier molecular flexibility index (Phi) is 3.62. The number of hydrogen-bond acceptors (Lipinski definition) is 2. The number of nitrogens with zero attached hydrogens (tertiary/aromatic N) is 1. The van der Waals surface area contributed by atoms with Crippen LogP contribution in [0.5, 0.6) is 0 Å². The highest BCUT2D eigenvalue weighted by Crippen LogP contribution is 2.15. The van der Waals surface area contributed by atoms with Gasteiger partial charge in [-0.05, 0) is 38.6 Å². The van der Waals surface area contributed by atoms with Gasteiger partial charge in [-0.25, -0.2) is 0 Å². The predicted octanol–water partition coefficient (Wildman–Crippen LogP) is 2.58. The molecule has 2 nitrogen and oxygen atoms in total. The molecule has 1 atom stereocenters. The zero-order valence-corrected chi connectivity index (χ0v) is 9.45. The molecule has 1 N–H and O–H groups in total. The molecule has 0 spiro atoms. The molecule has 1 unspecified atom stereocenters. The molecule has 1 aromatic rings. The van der Waals surface area contributed by atoms with Crippen LogP contribution in [0.2, 0.25) is 0 Å². The Balaban J connectivity index is 1.82. The molecule has 1 saturated heterocycles. The van der Waals surface area contributed by atoms with E-state index >= 15 is 0 Å². The maximum absolute atomic E-state index is 3.50. The zero-order valence-electron chi connectivity index (χ0n) is 9.45. The van der Waals surface area contributed by atoms with Crippen LogP contribution < -0.4 is 5.32 Å². The number of rotatable bonds is 3. The first-order valence-electron chi connectivity index (χ1n) is 5.85. The zero-order chi connectivity index (χ0) is 10.5. The van der Waals surface area contributed by atoms with Gasteiger partial charge in [-0.1, -0.05) is 24.6 Å². The Morgan fingerprint density at radius 2 is 2.07 bits per heavy atom. The Morgan fingerprint density at radius 1 is 1.27 bits per heavy atom. The lowest BCUT2D eigenvalue weighted by Crippen LogP contribution is -2.40. The molecule has 1 heterocycles. The molecule has 82 valence electrons. The fourth-order valence-electron chi connectivity index (χ4n) is 2.19. The van der Waals surface area contributed by atoms with E-state index in [-0.39, 0.29) is 0 Å². The maximum atomic E-state index is 3.50. The van der Waals surface area contributed by atoms with Crippen molar-refractivity contribution in [2.45, 2.75) is 25.3 Å². The van der Waals surface area contributed by atoms with Crippen molar-refractivity contribution in [2.75, 3.05) is 25.5 Å². The van der Waals surface area contributed by atoms with E-state index in [1.165, 1.54) is 31.5 Å². The summed E-state index contributed by atoms with van der Waals surface area (Å²) in [6.07, 6.45) is 4.07. The summed E-state index contributed by atoms with van der Waals surface area (Å²) in [5, 5.41) is 3.50. The quantitative estimate of drug-likeness (QED) is 0.814. The number of likely N-dealkylation sites (tertiary alicyclic amines) is 1. The first-order chi connectivity index (χ1) is 7.36. The molecule has 0 aromatic heterocycles. The van der Waals surface area contributed by atoms with Crippen LogP contribution in [0.25, 0.3) is 0 Å². The molecule has 0 aliphatic carbocycles. The molecule has 2 rings (SSSR count). The van der Waals surface area contributed by atoms with Crippen molar-refractivity contribution < 1.29 is 0 Å². The van der Waals surface area contributed by atoms with Gasteiger partial charge in [0.2, 0.25) is 0 Å². The molecule has 2 heteroatoms. The van der Waals surface area contributed by atoms with Crippen LogP contribution in [0, 0.1) is 0 Å². The van der Waals surface area contributed by atoms with Gasteiger partial charge < -0.3 is 10.2 Å². The van der Waals surface area contributed by atoms with Crippen molar-refractivity contribution >= 4 is 5.69 Å². The molecule has 1 fully saturated rings. The van der Waals surface area contributed by atoms with Crippen LogP contribution in [0.1, 0.15) is 19.3 Å². The Bertz CT molecular complexity index is 284. The summed E-state index contributed by atoms with van der Waals surface area (Å²) in [5.41, 5.74) is 1.23. The number of para-hydroxylation sites is 1. The van der Waals surface area contributed by atoms with Gasteiger partial charge in [-0.15, -0.1) is 0 Å². The highest BCUT2D eigenvalue weighted by Gasteiger charge is 2.17. The second-order valence-electron chi connectivity index (χ2n) is 4.38. The molecule has 0 saturated carbocycles. The van der Waals surface area contributed by atoms with E-state index in [9.17, 15) is 0 Å². The molecule has 1 aliphatic heterocycles. The fraction of sp³-hybridized carbons (Fsp3) is 0.538. The van der Waals surface area contributed by atoms with E-state index in [0.29, 0.717) is 6.04 Å². The summed E-state index contributed by atoms with van der Waals surface area (Å²) >= 11 is 0. The average Bonchev–Trinajstić information content (AvgIpc) is 2.29. The maximum Gasteiger partial charge on any atom is 0.0340 e. The van der Waals surface area contributed by atoms with Gasteiger partial charge in [0, 0.05) is 18.3 Å². The van der Waals surface area contributed by atoms with E-state index in [0.717, 1.165) is 6.54 Å². The minimum Gasteiger partial charge on any atom is -0.383 e. The topological polar surface area (TPSA) is 15.3 Å². The van der Waals surface area contributed by atoms with Crippen molar-refractivity contribution in [2.24, 2.45) is 0 Å². The first-order valence-corrected chi connectivity index (χ1v) is 5.85. The SMILES string of the molecule is CN1CCCCC1CNc1ccccc1. The Morgan fingerprint density at radius 3 is 2.80 bits per heavy atom. The van der Waals surface area contributed by atoms with Gasteiger partial charge in [0.15, 0.2) is 0 Å².